The Hall–Kier alpha value is -1.51. The summed E-state index contributed by atoms with van der Waals surface area (Å²) in [6.07, 6.45) is 3.70. The van der Waals surface area contributed by atoms with Gasteiger partial charge in [0.2, 0.25) is 6.41 Å². The van der Waals surface area contributed by atoms with Crippen molar-refractivity contribution in [2.45, 2.75) is 71.6 Å². The summed E-state index contributed by atoms with van der Waals surface area (Å²) in [7, 11) is 0. The molecule has 0 fully saturated rings. The molecule has 1 N–H and O–H groups in total. The van der Waals surface area contributed by atoms with Crippen LogP contribution in [0.4, 0.5) is 0 Å². The molecule has 0 aliphatic rings. The molecule has 0 aliphatic carbocycles. The molecule has 0 bridgehead atoms. The van der Waals surface area contributed by atoms with Crippen molar-refractivity contribution in [3.05, 3.63) is 29.3 Å². The molecule has 0 heterocycles. The van der Waals surface area contributed by atoms with Crippen molar-refractivity contribution in [2.24, 2.45) is 0 Å². The van der Waals surface area contributed by atoms with Crippen LogP contribution in [0, 0.1) is 0 Å². The van der Waals surface area contributed by atoms with Crippen LogP contribution in [-0.4, -0.2) is 19.6 Å². The van der Waals surface area contributed by atoms with Crippen LogP contribution >= 0.6 is 0 Å². The predicted molar refractivity (Wildman–Crippen MR) is 97.3 cm³/mol. The molecule has 1 rings (SSSR count). The third-order valence-corrected chi connectivity index (χ3v) is 5.07. The summed E-state index contributed by atoms with van der Waals surface area (Å²) in [6, 6.07) is 6.69. The second-order valence-corrected chi connectivity index (χ2v) is 7.46. The lowest BCUT2D eigenvalue weighted by molar-refractivity contribution is -0.109. The Morgan fingerprint density at radius 1 is 1.09 bits per heavy atom. The molecule has 3 nitrogen and oxygen atoms in total. The topological polar surface area (TPSA) is 38.3 Å². The fraction of sp³-hybridized carbons (Fsp3) is 0.650. The molecule has 0 spiro atoms. The van der Waals surface area contributed by atoms with Crippen LogP contribution < -0.4 is 10.1 Å². The van der Waals surface area contributed by atoms with Crippen LogP contribution in [0.1, 0.15) is 71.9 Å². The monoisotopic (exact) mass is 319 g/mol. The minimum atomic E-state index is 0.0886. The van der Waals surface area contributed by atoms with Gasteiger partial charge in [-0.05, 0) is 47.3 Å². The van der Waals surface area contributed by atoms with Crippen molar-refractivity contribution >= 4 is 6.41 Å². The number of carbonyl (C=O) groups excluding carboxylic acids is 1. The summed E-state index contributed by atoms with van der Waals surface area (Å²) in [5, 5.41) is 2.67. The van der Waals surface area contributed by atoms with Gasteiger partial charge >= 0.3 is 0 Å². The van der Waals surface area contributed by atoms with Gasteiger partial charge in [0, 0.05) is 6.54 Å². The van der Waals surface area contributed by atoms with E-state index < -0.39 is 0 Å². The third-order valence-electron chi connectivity index (χ3n) is 5.07. The van der Waals surface area contributed by atoms with Crippen LogP contribution in [0.3, 0.4) is 0 Å². The largest absolute Gasteiger partial charge is 0.493 e. The highest BCUT2D eigenvalue weighted by Crippen LogP contribution is 2.38. The molecule has 0 atom stereocenters. The normalized spacial score (nSPS) is 12.1. The first-order chi connectivity index (χ1) is 10.8. The zero-order valence-electron chi connectivity index (χ0n) is 15.7. The van der Waals surface area contributed by atoms with Gasteiger partial charge in [-0.3, -0.25) is 4.79 Å². The van der Waals surface area contributed by atoms with E-state index in [0.29, 0.717) is 13.2 Å². The van der Waals surface area contributed by atoms with E-state index in [1.807, 2.05) is 0 Å². The Labute approximate surface area is 141 Å². The number of rotatable bonds is 10. The SMILES string of the molecule is CCC(C)(C)c1ccc(C(C)(C)CC)c(OCCCNC=O)c1. The Balaban J connectivity index is 3.04. The van der Waals surface area contributed by atoms with Crippen LogP contribution in [-0.2, 0) is 15.6 Å². The second-order valence-electron chi connectivity index (χ2n) is 7.46. The van der Waals surface area contributed by atoms with Gasteiger partial charge in [-0.25, -0.2) is 0 Å². The summed E-state index contributed by atoms with van der Waals surface area (Å²) >= 11 is 0. The number of hydrogen-bond donors (Lipinski definition) is 1. The Kier molecular flexibility index (Phi) is 7.11. The predicted octanol–water partition coefficient (Wildman–Crippen LogP) is 4.58. The summed E-state index contributed by atoms with van der Waals surface area (Å²) in [4.78, 5) is 10.3. The van der Waals surface area contributed by atoms with Crippen LogP contribution in [0.25, 0.3) is 0 Å². The first-order valence-electron chi connectivity index (χ1n) is 8.73. The molecule has 0 unspecified atom stereocenters. The molecule has 1 amide bonds. The fourth-order valence-electron chi connectivity index (χ4n) is 2.43. The van der Waals surface area contributed by atoms with Crippen molar-refractivity contribution < 1.29 is 9.53 Å². The van der Waals surface area contributed by atoms with Crippen molar-refractivity contribution in [3.8, 4) is 5.75 Å². The van der Waals surface area contributed by atoms with E-state index in [9.17, 15) is 4.79 Å². The van der Waals surface area contributed by atoms with Crippen molar-refractivity contribution in [3.63, 3.8) is 0 Å². The summed E-state index contributed by atoms with van der Waals surface area (Å²) in [5.41, 5.74) is 2.81. The Bertz CT molecular complexity index is 506. The minimum Gasteiger partial charge on any atom is -0.493 e. The fourth-order valence-corrected chi connectivity index (χ4v) is 2.43. The summed E-state index contributed by atoms with van der Waals surface area (Å²) in [5.74, 6) is 0.988. The third kappa shape index (κ3) is 5.26. The van der Waals surface area contributed by atoms with E-state index in [4.69, 9.17) is 4.74 Å². The lowest BCUT2D eigenvalue weighted by atomic mass is 9.77. The maximum Gasteiger partial charge on any atom is 0.207 e. The Morgan fingerprint density at radius 3 is 2.30 bits per heavy atom. The average Bonchev–Trinajstić information content (AvgIpc) is 2.54. The van der Waals surface area contributed by atoms with Gasteiger partial charge in [0.25, 0.3) is 0 Å². The van der Waals surface area contributed by atoms with Gasteiger partial charge < -0.3 is 10.1 Å². The molecule has 3 heteroatoms. The van der Waals surface area contributed by atoms with Gasteiger partial charge in [-0.2, -0.15) is 0 Å². The van der Waals surface area contributed by atoms with Crippen LogP contribution in [0.2, 0.25) is 0 Å². The number of hydrogen-bond acceptors (Lipinski definition) is 2. The van der Waals surface area contributed by atoms with Crippen molar-refractivity contribution in [2.75, 3.05) is 13.2 Å². The Morgan fingerprint density at radius 2 is 1.74 bits per heavy atom. The second kappa shape index (κ2) is 8.37. The lowest BCUT2D eigenvalue weighted by Gasteiger charge is -2.29. The molecule has 0 saturated heterocycles. The van der Waals surface area contributed by atoms with Gasteiger partial charge in [-0.1, -0.05) is 53.7 Å². The standard InChI is InChI=1S/C20H33NO2/c1-7-19(3,4)16-10-11-17(20(5,6)8-2)18(14-16)23-13-9-12-21-15-22/h10-11,14-15H,7-9,12-13H2,1-6H3,(H,21,22). The number of amides is 1. The quantitative estimate of drug-likeness (QED) is 0.506. The van der Waals surface area contributed by atoms with Crippen LogP contribution in [0.15, 0.2) is 18.2 Å². The molecule has 0 radical (unpaired) electrons. The molecular formula is C20H33NO2. The molecule has 1 aromatic carbocycles. The maximum absolute atomic E-state index is 10.3. The molecule has 0 aliphatic heterocycles. The highest BCUT2D eigenvalue weighted by molar-refractivity contribution is 5.45. The van der Waals surface area contributed by atoms with E-state index in [-0.39, 0.29) is 10.8 Å². The minimum absolute atomic E-state index is 0.0886. The number of carbonyl (C=O) groups is 1. The highest BCUT2D eigenvalue weighted by atomic mass is 16.5. The van der Waals surface area contributed by atoms with Crippen molar-refractivity contribution in [1.29, 1.82) is 0 Å². The zero-order chi connectivity index (χ0) is 17.5. The van der Waals surface area contributed by atoms with Crippen LogP contribution in [0.5, 0.6) is 5.75 Å². The van der Waals surface area contributed by atoms with Gasteiger partial charge in [0.05, 0.1) is 6.61 Å². The van der Waals surface area contributed by atoms with E-state index in [0.717, 1.165) is 31.4 Å². The number of ether oxygens (including phenoxy) is 1. The smallest absolute Gasteiger partial charge is 0.207 e. The van der Waals surface area contributed by atoms with E-state index in [1.165, 1.54) is 11.1 Å². The zero-order valence-corrected chi connectivity index (χ0v) is 15.7. The maximum atomic E-state index is 10.3. The van der Waals surface area contributed by atoms with E-state index in [1.54, 1.807) is 0 Å². The molecule has 0 saturated carbocycles. The van der Waals surface area contributed by atoms with Gasteiger partial charge in [0.15, 0.2) is 0 Å². The summed E-state index contributed by atoms with van der Waals surface area (Å²) in [6.45, 7) is 14.7. The first kappa shape index (κ1) is 19.5. The molecular weight excluding hydrogens is 286 g/mol. The molecule has 130 valence electrons. The van der Waals surface area contributed by atoms with E-state index in [2.05, 4.69) is 65.1 Å². The number of benzene rings is 1. The first-order valence-corrected chi connectivity index (χ1v) is 8.73. The number of nitrogens with one attached hydrogen (secondary N) is 1. The van der Waals surface area contributed by atoms with Gasteiger partial charge in [-0.15, -0.1) is 0 Å². The molecule has 1 aromatic rings. The molecule has 23 heavy (non-hydrogen) atoms. The van der Waals surface area contributed by atoms with E-state index >= 15 is 0 Å². The van der Waals surface area contributed by atoms with Crippen molar-refractivity contribution in [1.82, 2.24) is 5.32 Å². The average molecular weight is 319 g/mol. The lowest BCUT2D eigenvalue weighted by Crippen LogP contribution is -2.21. The van der Waals surface area contributed by atoms with Gasteiger partial charge in [0.1, 0.15) is 5.75 Å². The molecule has 0 aromatic heterocycles. The highest BCUT2D eigenvalue weighted by Gasteiger charge is 2.25. The summed E-state index contributed by atoms with van der Waals surface area (Å²) < 4.78 is 6.10.